The second-order valence-corrected chi connectivity index (χ2v) is 7.25. The van der Waals surface area contributed by atoms with Gasteiger partial charge in [0.25, 0.3) is 5.69 Å². The van der Waals surface area contributed by atoms with Crippen LogP contribution in [-0.2, 0) is 12.0 Å². The van der Waals surface area contributed by atoms with Gasteiger partial charge < -0.3 is 14.0 Å². The van der Waals surface area contributed by atoms with Crippen LogP contribution in [0.25, 0.3) is 11.4 Å². The quantitative estimate of drug-likeness (QED) is 0.455. The van der Waals surface area contributed by atoms with E-state index in [-0.39, 0.29) is 17.7 Å². The number of hydrogen-bond acceptors (Lipinski definition) is 7. The molecule has 1 heterocycles. The van der Waals surface area contributed by atoms with E-state index < -0.39 is 4.92 Å². The Balaban J connectivity index is 1.79. The highest BCUT2D eigenvalue weighted by Crippen LogP contribution is 2.33. The van der Waals surface area contributed by atoms with Crippen LogP contribution in [0.2, 0.25) is 0 Å². The summed E-state index contributed by atoms with van der Waals surface area (Å²) in [5.41, 5.74) is 1.21. The molecule has 0 N–H and O–H groups in total. The van der Waals surface area contributed by atoms with Crippen LogP contribution in [0.1, 0.15) is 32.2 Å². The molecule has 0 aliphatic carbocycles. The van der Waals surface area contributed by atoms with E-state index in [1.807, 2.05) is 26.8 Å². The van der Waals surface area contributed by atoms with Crippen LogP contribution >= 0.6 is 0 Å². The topological polar surface area (TPSA) is 101 Å². The van der Waals surface area contributed by atoms with Gasteiger partial charge in [-0.2, -0.15) is 4.98 Å². The highest BCUT2D eigenvalue weighted by Gasteiger charge is 2.22. The molecule has 0 aliphatic heterocycles. The monoisotopic (exact) mass is 383 g/mol. The molecule has 0 aliphatic rings. The summed E-state index contributed by atoms with van der Waals surface area (Å²) in [6, 6.07) is 11.6. The maximum atomic E-state index is 10.9. The number of rotatable bonds is 6. The Bertz CT molecular complexity index is 992. The minimum atomic E-state index is -0.435. The van der Waals surface area contributed by atoms with Crippen molar-refractivity contribution in [3.8, 4) is 22.9 Å². The van der Waals surface area contributed by atoms with Crippen molar-refractivity contribution in [1.82, 2.24) is 10.1 Å². The van der Waals surface area contributed by atoms with Crippen molar-refractivity contribution < 1.29 is 18.9 Å². The molecule has 8 nitrogen and oxygen atoms in total. The normalized spacial score (nSPS) is 11.3. The Labute approximate surface area is 162 Å². The Hall–Kier alpha value is -3.42. The minimum Gasteiger partial charge on any atom is -0.493 e. The van der Waals surface area contributed by atoms with Crippen LogP contribution in [-0.4, -0.2) is 22.2 Å². The summed E-state index contributed by atoms with van der Waals surface area (Å²) in [5.74, 6) is 2.03. The number of non-ortho nitro benzene ring substituents is 1. The largest absolute Gasteiger partial charge is 0.493 e. The lowest BCUT2D eigenvalue weighted by molar-refractivity contribution is -0.384. The zero-order valence-electron chi connectivity index (χ0n) is 16.1. The summed E-state index contributed by atoms with van der Waals surface area (Å²) in [6.45, 7) is 6.16. The van der Waals surface area contributed by atoms with Crippen LogP contribution in [0.5, 0.6) is 11.5 Å². The van der Waals surface area contributed by atoms with Crippen LogP contribution in [0, 0.1) is 10.1 Å². The first-order chi connectivity index (χ1) is 13.3. The average Bonchev–Trinajstić information content (AvgIpc) is 3.17. The van der Waals surface area contributed by atoms with E-state index in [1.165, 1.54) is 19.2 Å². The second kappa shape index (κ2) is 7.67. The van der Waals surface area contributed by atoms with Gasteiger partial charge in [-0.15, -0.1) is 0 Å². The Kier molecular flexibility index (Phi) is 5.30. The molecule has 0 saturated heterocycles. The van der Waals surface area contributed by atoms with Crippen LogP contribution in [0.4, 0.5) is 5.69 Å². The molecule has 0 saturated carbocycles. The summed E-state index contributed by atoms with van der Waals surface area (Å²) >= 11 is 0. The van der Waals surface area contributed by atoms with Gasteiger partial charge in [-0.25, -0.2) is 0 Å². The summed E-state index contributed by atoms with van der Waals surface area (Å²) < 4.78 is 16.5. The first-order valence-corrected chi connectivity index (χ1v) is 8.66. The molecule has 0 amide bonds. The number of hydrogen-bond donors (Lipinski definition) is 0. The van der Waals surface area contributed by atoms with Crippen molar-refractivity contribution in [3.63, 3.8) is 0 Å². The third kappa shape index (κ3) is 4.28. The zero-order valence-corrected chi connectivity index (χ0v) is 16.1. The molecule has 0 radical (unpaired) electrons. The minimum absolute atomic E-state index is 0.0233. The van der Waals surface area contributed by atoms with Crippen molar-refractivity contribution in [2.45, 2.75) is 32.8 Å². The van der Waals surface area contributed by atoms with Crippen molar-refractivity contribution in [1.29, 1.82) is 0 Å². The third-order valence-corrected chi connectivity index (χ3v) is 4.01. The number of ether oxygens (including phenoxy) is 2. The predicted molar refractivity (Wildman–Crippen MR) is 102 cm³/mol. The molecule has 0 fully saturated rings. The predicted octanol–water partition coefficient (Wildman–Crippen LogP) is 4.53. The van der Waals surface area contributed by atoms with Gasteiger partial charge >= 0.3 is 0 Å². The number of nitrogens with zero attached hydrogens (tertiary/aromatic N) is 3. The third-order valence-electron chi connectivity index (χ3n) is 4.01. The van der Waals surface area contributed by atoms with Gasteiger partial charge in [-0.1, -0.05) is 38.1 Å². The van der Waals surface area contributed by atoms with Crippen LogP contribution in [0.15, 0.2) is 47.0 Å². The summed E-state index contributed by atoms with van der Waals surface area (Å²) in [5, 5.41) is 14.9. The zero-order chi connectivity index (χ0) is 20.3. The molecule has 1 aromatic heterocycles. The molecule has 0 bridgehead atoms. The number of nitro benzene ring substituents is 1. The van der Waals surface area contributed by atoms with Crippen molar-refractivity contribution >= 4 is 5.69 Å². The Morgan fingerprint density at radius 2 is 1.93 bits per heavy atom. The van der Waals surface area contributed by atoms with E-state index in [4.69, 9.17) is 14.0 Å². The first-order valence-electron chi connectivity index (χ1n) is 8.66. The van der Waals surface area contributed by atoms with Crippen molar-refractivity contribution in [3.05, 3.63) is 64.0 Å². The Morgan fingerprint density at radius 1 is 1.14 bits per heavy atom. The SMILES string of the molecule is COc1cc(-c2noc(C(C)(C)C)n2)ccc1OCc1cccc([N+](=O)[O-])c1. The molecule has 3 aromatic rings. The van der Waals surface area contributed by atoms with Gasteiger partial charge in [-0.05, 0) is 23.8 Å². The standard InChI is InChI=1S/C20H21N3O5/c1-20(2,3)19-21-18(22-28-19)14-8-9-16(17(11-14)26-4)27-12-13-6-5-7-15(10-13)23(24)25/h5-11H,12H2,1-4H3. The summed E-state index contributed by atoms with van der Waals surface area (Å²) in [6.07, 6.45) is 0. The number of aromatic nitrogens is 2. The fraction of sp³-hybridized carbons (Fsp3) is 0.300. The summed E-state index contributed by atoms with van der Waals surface area (Å²) in [7, 11) is 1.54. The highest BCUT2D eigenvalue weighted by atomic mass is 16.6. The summed E-state index contributed by atoms with van der Waals surface area (Å²) in [4.78, 5) is 14.9. The van der Waals surface area contributed by atoms with Crippen LogP contribution < -0.4 is 9.47 Å². The molecule has 28 heavy (non-hydrogen) atoms. The van der Waals surface area contributed by atoms with Gasteiger partial charge in [0, 0.05) is 23.1 Å². The molecule has 146 valence electrons. The van der Waals surface area contributed by atoms with E-state index in [0.29, 0.717) is 28.8 Å². The fourth-order valence-corrected chi connectivity index (χ4v) is 2.49. The lowest BCUT2D eigenvalue weighted by Gasteiger charge is -2.12. The van der Waals surface area contributed by atoms with E-state index in [2.05, 4.69) is 10.1 Å². The van der Waals surface area contributed by atoms with Gasteiger partial charge in [0.05, 0.1) is 12.0 Å². The van der Waals surface area contributed by atoms with E-state index in [0.717, 1.165) is 5.56 Å². The number of nitro groups is 1. The van der Waals surface area contributed by atoms with Crippen LogP contribution in [0.3, 0.4) is 0 Å². The van der Waals surface area contributed by atoms with E-state index in [1.54, 1.807) is 24.3 Å². The molecule has 8 heteroatoms. The number of benzene rings is 2. The van der Waals surface area contributed by atoms with E-state index in [9.17, 15) is 10.1 Å². The highest BCUT2D eigenvalue weighted by molar-refractivity contribution is 5.60. The van der Waals surface area contributed by atoms with E-state index >= 15 is 0 Å². The molecule has 3 rings (SSSR count). The van der Waals surface area contributed by atoms with Crippen molar-refractivity contribution in [2.75, 3.05) is 7.11 Å². The molecular formula is C20H21N3O5. The lowest BCUT2D eigenvalue weighted by atomic mass is 9.97. The maximum absolute atomic E-state index is 10.9. The smallest absolute Gasteiger partial charge is 0.269 e. The fourth-order valence-electron chi connectivity index (χ4n) is 2.49. The average molecular weight is 383 g/mol. The van der Waals surface area contributed by atoms with Crippen molar-refractivity contribution in [2.24, 2.45) is 0 Å². The first kappa shape index (κ1) is 19.3. The molecule has 0 spiro atoms. The molecule has 2 aromatic carbocycles. The van der Waals surface area contributed by atoms with Gasteiger partial charge in [0.1, 0.15) is 6.61 Å². The lowest BCUT2D eigenvalue weighted by Crippen LogP contribution is -2.11. The second-order valence-electron chi connectivity index (χ2n) is 7.25. The number of methoxy groups -OCH3 is 1. The Morgan fingerprint density at radius 3 is 2.57 bits per heavy atom. The van der Waals surface area contributed by atoms with Gasteiger partial charge in [0.15, 0.2) is 11.5 Å². The maximum Gasteiger partial charge on any atom is 0.269 e. The molecule has 0 unspecified atom stereocenters. The molecular weight excluding hydrogens is 362 g/mol. The van der Waals surface area contributed by atoms with Gasteiger partial charge in [0.2, 0.25) is 11.7 Å². The molecule has 0 atom stereocenters. The van der Waals surface area contributed by atoms with Gasteiger partial charge in [-0.3, -0.25) is 10.1 Å².